The maximum atomic E-state index is 14.3. The van der Waals surface area contributed by atoms with Gasteiger partial charge in [-0.05, 0) is 38.0 Å². The van der Waals surface area contributed by atoms with Crippen LogP contribution in [0.25, 0.3) is 0 Å². The first-order chi connectivity index (χ1) is 17.3. The van der Waals surface area contributed by atoms with Crippen LogP contribution in [-0.2, 0) is 23.9 Å². The number of likely N-dealkylation sites (tertiary alicyclic amines) is 1. The molecule has 8 nitrogen and oxygen atoms in total. The van der Waals surface area contributed by atoms with Crippen molar-refractivity contribution in [3.05, 3.63) is 24.3 Å². The minimum atomic E-state index is -1.31. The van der Waals surface area contributed by atoms with Gasteiger partial charge in [0.1, 0.15) is 23.2 Å². The summed E-state index contributed by atoms with van der Waals surface area (Å²) in [6.45, 7) is 8.91. The highest BCUT2D eigenvalue weighted by Gasteiger charge is 2.75. The highest BCUT2D eigenvalue weighted by molar-refractivity contribution is 5.99. The molecule has 4 heterocycles. The quantitative estimate of drug-likeness (QED) is 0.425. The summed E-state index contributed by atoms with van der Waals surface area (Å²) in [5.74, 6) is -2.81. The van der Waals surface area contributed by atoms with Gasteiger partial charge in [0.25, 0.3) is 0 Å². The van der Waals surface area contributed by atoms with Crippen LogP contribution in [0, 0.1) is 17.8 Å². The lowest BCUT2D eigenvalue weighted by atomic mass is 9.73. The third-order valence-corrected chi connectivity index (χ3v) is 8.50. The van der Waals surface area contributed by atoms with Crippen molar-refractivity contribution in [1.82, 2.24) is 9.80 Å². The standard InChI is InChI=1S/C28H42N2O6/c1-5-7-15-29-16-12-14-28-21(24(32)30(23(28)25(29)33)20(18-31)19(3)4)22-26(34)35-17-11-9-8-10-13-27(22,6-2)36-28/h10,12-14,19-23,31H,5-9,11,15-18H2,1-4H3/b13-10-/t20-,21-,22-,23?,27+,28-/m0/s1. The number of ether oxygens (including phenoxy) is 2. The minimum Gasteiger partial charge on any atom is -0.465 e. The molecule has 1 unspecified atom stereocenters. The Kier molecular flexibility index (Phi) is 7.95. The van der Waals surface area contributed by atoms with Crippen LogP contribution in [0.5, 0.6) is 0 Å². The lowest BCUT2D eigenvalue weighted by Crippen LogP contribution is -2.59. The molecule has 36 heavy (non-hydrogen) atoms. The number of fused-ring (bicyclic) bond motifs is 2. The van der Waals surface area contributed by atoms with Crippen molar-refractivity contribution < 1.29 is 29.0 Å². The monoisotopic (exact) mass is 502 g/mol. The molecule has 0 aromatic carbocycles. The molecular formula is C28H42N2O6. The largest absolute Gasteiger partial charge is 0.465 e. The van der Waals surface area contributed by atoms with Crippen molar-refractivity contribution >= 4 is 17.8 Å². The summed E-state index contributed by atoms with van der Waals surface area (Å²) in [6.07, 6.45) is 12.5. The zero-order chi connectivity index (χ0) is 26.1. The van der Waals surface area contributed by atoms with Crippen LogP contribution in [0.4, 0.5) is 0 Å². The lowest BCUT2D eigenvalue weighted by molar-refractivity contribution is -0.164. The Morgan fingerprint density at radius 3 is 2.53 bits per heavy atom. The normalized spacial score (nSPS) is 36.3. The third kappa shape index (κ3) is 4.20. The molecule has 4 aliphatic rings. The number of esters is 1. The summed E-state index contributed by atoms with van der Waals surface area (Å²) in [5, 5.41) is 10.3. The van der Waals surface area contributed by atoms with Gasteiger partial charge in [0.2, 0.25) is 11.8 Å². The number of carbonyl (C=O) groups is 3. The van der Waals surface area contributed by atoms with Gasteiger partial charge in [-0.1, -0.05) is 58.4 Å². The van der Waals surface area contributed by atoms with E-state index in [2.05, 4.69) is 6.92 Å². The number of unbranched alkanes of at least 4 members (excludes halogenated alkanes) is 1. The van der Waals surface area contributed by atoms with E-state index in [9.17, 15) is 19.5 Å². The number of allylic oxidation sites excluding steroid dienone is 1. The summed E-state index contributed by atoms with van der Waals surface area (Å²) in [5.41, 5.74) is -2.36. The summed E-state index contributed by atoms with van der Waals surface area (Å²) in [6, 6.07) is -1.52. The molecule has 2 fully saturated rings. The Balaban J connectivity index is 1.90. The van der Waals surface area contributed by atoms with Crippen LogP contribution >= 0.6 is 0 Å². The number of aliphatic hydroxyl groups is 1. The van der Waals surface area contributed by atoms with E-state index in [1.54, 1.807) is 9.80 Å². The van der Waals surface area contributed by atoms with Crippen LogP contribution in [0.15, 0.2) is 24.3 Å². The first kappa shape index (κ1) is 26.9. The molecule has 4 aliphatic heterocycles. The summed E-state index contributed by atoms with van der Waals surface area (Å²) >= 11 is 0. The van der Waals surface area contributed by atoms with Gasteiger partial charge >= 0.3 is 5.97 Å². The Bertz CT molecular complexity index is 916. The Morgan fingerprint density at radius 2 is 1.86 bits per heavy atom. The fourth-order valence-electron chi connectivity index (χ4n) is 6.55. The van der Waals surface area contributed by atoms with E-state index in [1.165, 1.54) is 0 Å². The Hall–Kier alpha value is -2.19. The fourth-order valence-corrected chi connectivity index (χ4v) is 6.55. The molecule has 0 aromatic heterocycles. The van der Waals surface area contributed by atoms with E-state index in [4.69, 9.17) is 9.47 Å². The van der Waals surface area contributed by atoms with Gasteiger partial charge in [-0.2, -0.15) is 0 Å². The Morgan fingerprint density at radius 1 is 1.08 bits per heavy atom. The highest BCUT2D eigenvalue weighted by Crippen LogP contribution is 2.58. The molecular weight excluding hydrogens is 460 g/mol. The number of hydrogen-bond acceptors (Lipinski definition) is 6. The zero-order valence-corrected chi connectivity index (χ0v) is 22.2. The predicted octanol–water partition coefficient (Wildman–Crippen LogP) is 2.85. The number of cyclic esters (lactones) is 1. The maximum absolute atomic E-state index is 14.3. The van der Waals surface area contributed by atoms with Gasteiger partial charge < -0.3 is 24.4 Å². The third-order valence-electron chi connectivity index (χ3n) is 8.50. The number of rotatable bonds is 7. The molecule has 0 bridgehead atoms. The molecule has 6 atom stereocenters. The Labute approximate surface area is 214 Å². The van der Waals surface area contributed by atoms with E-state index in [1.807, 2.05) is 45.1 Å². The lowest BCUT2D eigenvalue weighted by Gasteiger charge is -2.41. The molecule has 4 rings (SSSR count). The summed E-state index contributed by atoms with van der Waals surface area (Å²) in [4.78, 5) is 45.5. The average molecular weight is 503 g/mol. The molecule has 1 N–H and O–H groups in total. The second kappa shape index (κ2) is 10.7. The van der Waals surface area contributed by atoms with Crippen molar-refractivity contribution in [3.8, 4) is 0 Å². The predicted molar refractivity (Wildman–Crippen MR) is 135 cm³/mol. The van der Waals surface area contributed by atoms with Crippen LogP contribution in [0.1, 0.15) is 66.2 Å². The summed E-state index contributed by atoms with van der Waals surface area (Å²) in [7, 11) is 0. The fraction of sp³-hybridized carbons (Fsp3) is 0.750. The van der Waals surface area contributed by atoms with Gasteiger partial charge in [-0.3, -0.25) is 14.4 Å². The van der Waals surface area contributed by atoms with Crippen LogP contribution in [-0.4, -0.2) is 82.3 Å². The summed E-state index contributed by atoms with van der Waals surface area (Å²) < 4.78 is 12.6. The van der Waals surface area contributed by atoms with Crippen LogP contribution < -0.4 is 0 Å². The van der Waals surface area contributed by atoms with Gasteiger partial charge in [0.05, 0.1) is 25.2 Å². The number of nitrogens with zero attached hydrogens (tertiary/aromatic N) is 2. The van der Waals surface area contributed by atoms with Crippen molar-refractivity contribution in [3.63, 3.8) is 0 Å². The minimum absolute atomic E-state index is 0.0919. The smallest absolute Gasteiger partial charge is 0.313 e. The van der Waals surface area contributed by atoms with Crippen molar-refractivity contribution in [2.24, 2.45) is 17.8 Å². The highest BCUT2D eigenvalue weighted by atomic mass is 16.6. The molecule has 200 valence electrons. The first-order valence-electron chi connectivity index (χ1n) is 13.7. The molecule has 8 heteroatoms. The SMILES string of the molecule is CCCCN1CC=C[C@]23O[C@]4(CC)/C=C\CCCCOC(=O)[C@@H]4[C@H]2C(=O)N([C@@H](CO)C(C)C)C3C1=O. The van der Waals surface area contributed by atoms with E-state index in [-0.39, 0.29) is 24.3 Å². The van der Waals surface area contributed by atoms with Crippen molar-refractivity contribution in [1.29, 1.82) is 0 Å². The number of aliphatic hydroxyl groups excluding tert-OH is 1. The molecule has 0 aliphatic carbocycles. The van der Waals surface area contributed by atoms with Gasteiger partial charge in [0.15, 0.2) is 0 Å². The van der Waals surface area contributed by atoms with Gasteiger partial charge in [0, 0.05) is 13.1 Å². The van der Waals surface area contributed by atoms with Crippen LogP contribution in [0.3, 0.4) is 0 Å². The van der Waals surface area contributed by atoms with Crippen molar-refractivity contribution in [2.45, 2.75) is 89.5 Å². The van der Waals surface area contributed by atoms with E-state index >= 15 is 0 Å². The number of hydrogen-bond donors (Lipinski definition) is 1. The number of amides is 2. The maximum Gasteiger partial charge on any atom is 0.313 e. The number of carbonyl (C=O) groups excluding carboxylic acids is 3. The molecule has 2 saturated heterocycles. The van der Waals surface area contributed by atoms with Gasteiger partial charge in [-0.25, -0.2) is 0 Å². The zero-order valence-electron chi connectivity index (χ0n) is 22.2. The molecule has 0 aromatic rings. The van der Waals surface area contributed by atoms with E-state index in [0.717, 1.165) is 32.1 Å². The van der Waals surface area contributed by atoms with Crippen molar-refractivity contribution in [2.75, 3.05) is 26.3 Å². The molecule has 1 spiro atoms. The first-order valence-corrected chi connectivity index (χ1v) is 13.7. The van der Waals surface area contributed by atoms with Crippen LogP contribution in [0.2, 0.25) is 0 Å². The second-order valence-corrected chi connectivity index (χ2v) is 11.0. The second-order valence-electron chi connectivity index (χ2n) is 11.0. The molecule has 0 saturated carbocycles. The van der Waals surface area contributed by atoms with Gasteiger partial charge in [-0.15, -0.1) is 0 Å². The average Bonchev–Trinajstić information content (AvgIpc) is 3.21. The van der Waals surface area contributed by atoms with E-state index < -0.39 is 41.1 Å². The molecule has 2 amide bonds. The van der Waals surface area contributed by atoms with E-state index in [0.29, 0.717) is 26.1 Å². The topological polar surface area (TPSA) is 96.4 Å². The molecule has 0 radical (unpaired) electrons.